The first kappa shape index (κ1) is 13.7. The van der Waals surface area contributed by atoms with Crippen molar-refractivity contribution in [1.82, 2.24) is 0 Å². The molecule has 0 aliphatic carbocycles. The van der Waals surface area contributed by atoms with E-state index in [1.165, 1.54) is 12.1 Å². The van der Waals surface area contributed by atoms with Gasteiger partial charge in [0.05, 0.1) is 0 Å². The summed E-state index contributed by atoms with van der Waals surface area (Å²) in [5, 5.41) is 3.40. The average Bonchev–Trinajstić information content (AvgIpc) is 2.49. The first-order valence-electron chi connectivity index (χ1n) is 7.06. The van der Waals surface area contributed by atoms with E-state index in [1.807, 2.05) is 25.1 Å². The number of fused-ring (bicyclic) bond motifs is 1. The Balaban J connectivity index is 1.80. The number of anilines is 1. The predicted molar refractivity (Wildman–Crippen MR) is 80.6 cm³/mol. The highest BCUT2D eigenvalue weighted by Crippen LogP contribution is 2.33. The Morgan fingerprint density at radius 2 is 1.81 bits per heavy atom. The second-order valence-electron chi connectivity index (χ2n) is 5.23. The van der Waals surface area contributed by atoms with E-state index < -0.39 is 0 Å². The van der Waals surface area contributed by atoms with Gasteiger partial charge in [0.15, 0.2) is 11.5 Å². The van der Waals surface area contributed by atoms with E-state index >= 15 is 0 Å². The van der Waals surface area contributed by atoms with Gasteiger partial charge in [-0.1, -0.05) is 6.07 Å². The number of rotatable bonds is 3. The summed E-state index contributed by atoms with van der Waals surface area (Å²) in [6.45, 7) is 5.13. The van der Waals surface area contributed by atoms with E-state index in [4.69, 9.17) is 9.47 Å². The molecule has 1 aliphatic heterocycles. The van der Waals surface area contributed by atoms with Gasteiger partial charge in [-0.2, -0.15) is 0 Å². The summed E-state index contributed by atoms with van der Waals surface area (Å²) in [6.07, 6.45) is 0. The maximum atomic E-state index is 13.1. The van der Waals surface area contributed by atoms with Crippen LogP contribution in [0.25, 0.3) is 0 Å². The molecule has 0 bridgehead atoms. The van der Waals surface area contributed by atoms with Gasteiger partial charge in [-0.3, -0.25) is 0 Å². The molecule has 0 saturated heterocycles. The molecule has 0 saturated carbocycles. The quantitative estimate of drug-likeness (QED) is 0.922. The normalized spacial score (nSPS) is 14.6. The standard InChI is InChI=1S/C17H18FNO2/c1-11-9-14(18)4-5-15(11)19-12(2)13-3-6-16-17(10-13)21-8-7-20-16/h3-6,9-10,12,19H,7-8H2,1-2H3. The zero-order valence-electron chi connectivity index (χ0n) is 12.2. The monoisotopic (exact) mass is 287 g/mol. The van der Waals surface area contributed by atoms with Gasteiger partial charge in [0.2, 0.25) is 0 Å². The lowest BCUT2D eigenvalue weighted by atomic mass is 10.1. The maximum Gasteiger partial charge on any atom is 0.161 e. The molecule has 0 radical (unpaired) electrons. The zero-order chi connectivity index (χ0) is 14.8. The Morgan fingerprint density at radius 3 is 2.57 bits per heavy atom. The Bertz CT molecular complexity index is 657. The molecule has 0 fully saturated rings. The van der Waals surface area contributed by atoms with Crippen LogP contribution in [0.4, 0.5) is 10.1 Å². The molecular formula is C17H18FNO2. The smallest absolute Gasteiger partial charge is 0.161 e. The van der Waals surface area contributed by atoms with Crippen molar-refractivity contribution < 1.29 is 13.9 Å². The highest BCUT2D eigenvalue weighted by atomic mass is 19.1. The summed E-state index contributed by atoms with van der Waals surface area (Å²) in [4.78, 5) is 0. The maximum absolute atomic E-state index is 13.1. The van der Waals surface area contributed by atoms with Crippen LogP contribution in [-0.2, 0) is 0 Å². The lowest BCUT2D eigenvalue weighted by Gasteiger charge is -2.22. The number of halogens is 1. The largest absolute Gasteiger partial charge is 0.486 e. The number of hydrogen-bond acceptors (Lipinski definition) is 3. The van der Waals surface area contributed by atoms with Crippen molar-refractivity contribution >= 4 is 5.69 Å². The lowest BCUT2D eigenvalue weighted by Crippen LogP contribution is -2.16. The van der Waals surface area contributed by atoms with Gasteiger partial charge in [0, 0.05) is 11.7 Å². The highest BCUT2D eigenvalue weighted by molar-refractivity contribution is 5.53. The summed E-state index contributed by atoms with van der Waals surface area (Å²) in [5.41, 5.74) is 2.92. The summed E-state index contributed by atoms with van der Waals surface area (Å²) >= 11 is 0. The fraction of sp³-hybridized carbons (Fsp3) is 0.294. The minimum atomic E-state index is -0.218. The van der Waals surface area contributed by atoms with E-state index in [0.717, 1.165) is 28.3 Å². The van der Waals surface area contributed by atoms with Crippen molar-refractivity contribution in [2.24, 2.45) is 0 Å². The Labute approximate surface area is 123 Å². The molecule has 1 atom stereocenters. The van der Waals surface area contributed by atoms with Gasteiger partial charge in [0.25, 0.3) is 0 Å². The van der Waals surface area contributed by atoms with Crippen molar-refractivity contribution in [2.45, 2.75) is 19.9 Å². The van der Waals surface area contributed by atoms with Gasteiger partial charge in [0.1, 0.15) is 19.0 Å². The second-order valence-corrected chi connectivity index (χ2v) is 5.23. The fourth-order valence-electron chi connectivity index (χ4n) is 2.43. The fourth-order valence-corrected chi connectivity index (χ4v) is 2.43. The second kappa shape index (κ2) is 5.64. The van der Waals surface area contributed by atoms with Crippen LogP contribution < -0.4 is 14.8 Å². The summed E-state index contributed by atoms with van der Waals surface area (Å²) < 4.78 is 24.3. The first-order chi connectivity index (χ1) is 10.1. The molecule has 21 heavy (non-hydrogen) atoms. The molecule has 3 rings (SSSR count). The van der Waals surface area contributed by atoms with E-state index in [0.29, 0.717) is 13.2 Å². The van der Waals surface area contributed by atoms with Crippen LogP contribution >= 0.6 is 0 Å². The molecule has 0 spiro atoms. The number of hydrogen-bond donors (Lipinski definition) is 1. The van der Waals surface area contributed by atoms with Crippen molar-refractivity contribution in [3.05, 3.63) is 53.3 Å². The van der Waals surface area contributed by atoms with Crippen LogP contribution in [0, 0.1) is 12.7 Å². The van der Waals surface area contributed by atoms with E-state index in [1.54, 1.807) is 6.07 Å². The van der Waals surface area contributed by atoms with Gasteiger partial charge in [-0.05, 0) is 55.3 Å². The van der Waals surface area contributed by atoms with Crippen LogP contribution in [0.5, 0.6) is 11.5 Å². The number of ether oxygens (including phenoxy) is 2. The van der Waals surface area contributed by atoms with Gasteiger partial charge < -0.3 is 14.8 Å². The van der Waals surface area contributed by atoms with Gasteiger partial charge in [-0.25, -0.2) is 4.39 Å². The predicted octanol–water partition coefficient (Wildman–Crippen LogP) is 4.08. The SMILES string of the molecule is Cc1cc(F)ccc1NC(C)c1ccc2c(c1)OCCO2. The molecule has 3 nitrogen and oxygen atoms in total. The Morgan fingerprint density at radius 1 is 1.05 bits per heavy atom. The third kappa shape index (κ3) is 2.94. The lowest BCUT2D eigenvalue weighted by molar-refractivity contribution is 0.171. The molecule has 110 valence electrons. The van der Waals surface area contributed by atoms with Crippen molar-refractivity contribution in [3.8, 4) is 11.5 Å². The van der Waals surface area contributed by atoms with E-state index in [2.05, 4.69) is 12.2 Å². The third-order valence-corrected chi connectivity index (χ3v) is 3.63. The summed E-state index contributed by atoms with van der Waals surface area (Å²) in [7, 11) is 0. The molecule has 2 aromatic rings. The molecule has 0 amide bonds. The van der Waals surface area contributed by atoms with Crippen LogP contribution in [0.15, 0.2) is 36.4 Å². The summed E-state index contributed by atoms with van der Waals surface area (Å²) in [5.74, 6) is 1.35. The molecule has 1 aliphatic rings. The number of aryl methyl sites for hydroxylation is 1. The molecule has 2 aromatic carbocycles. The highest BCUT2D eigenvalue weighted by Gasteiger charge is 2.14. The molecule has 1 heterocycles. The Kier molecular flexibility index (Phi) is 3.69. The van der Waals surface area contributed by atoms with Gasteiger partial charge >= 0.3 is 0 Å². The topological polar surface area (TPSA) is 30.5 Å². The van der Waals surface area contributed by atoms with Crippen molar-refractivity contribution in [1.29, 1.82) is 0 Å². The van der Waals surface area contributed by atoms with Crippen LogP contribution in [0.2, 0.25) is 0 Å². The van der Waals surface area contributed by atoms with Crippen LogP contribution in [-0.4, -0.2) is 13.2 Å². The molecule has 4 heteroatoms. The van der Waals surface area contributed by atoms with E-state index in [9.17, 15) is 4.39 Å². The van der Waals surface area contributed by atoms with Crippen molar-refractivity contribution in [2.75, 3.05) is 18.5 Å². The van der Waals surface area contributed by atoms with Crippen LogP contribution in [0.3, 0.4) is 0 Å². The van der Waals surface area contributed by atoms with Gasteiger partial charge in [-0.15, -0.1) is 0 Å². The Hall–Kier alpha value is -2.23. The summed E-state index contributed by atoms with van der Waals surface area (Å²) in [6, 6.07) is 10.8. The molecule has 0 aromatic heterocycles. The van der Waals surface area contributed by atoms with Crippen LogP contribution in [0.1, 0.15) is 24.1 Å². The minimum absolute atomic E-state index is 0.0880. The molecule has 1 N–H and O–H groups in total. The number of benzene rings is 2. The molecular weight excluding hydrogens is 269 g/mol. The first-order valence-corrected chi connectivity index (χ1v) is 7.06. The third-order valence-electron chi connectivity index (χ3n) is 3.63. The number of nitrogens with one attached hydrogen (secondary N) is 1. The average molecular weight is 287 g/mol. The minimum Gasteiger partial charge on any atom is -0.486 e. The molecule has 1 unspecified atom stereocenters. The van der Waals surface area contributed by atoms with E-state index in [-0.39, 0.29) is 11.9 Å². The van der Waals surface area contributed by atoms with Crippen molar-refractivity contribution in [3.63, 3.8) is 0 Å². The zero-order valence-corrected chi connectivity index (χ0v) is 12.2.